The fourth-order valence-electron chi connectivity index (χ4n) is 1.69. The van der Waals surface area contributed by atoms with Crippen LogP contribution in [-0.4, -0.2) is 12.7 Å². The second kappa shape index (κ2) is 5.59. The minimum absolute atomic E-state index is 0.595. The van der Waals surface area contributed by atoms with Gasteiger partial charge in [0, 0.05) is 6.61 Å². The fourth-order valence-corrected chi connectivity index (χ4v) is 1.69. The number of ether oxygens (including phenoxy) is 1. The van der Waals surface area contributed by atoms with Gasteiger partial charge >= 0.3 is 0 Å². The fraction of sp³-hybridized carbons (Fsp3) is 1.00. The van der Waals surface area contributed by atoms with Crippen LogP contribution in [0.15, 0.2) is 0 Å². The van der Waals surface area contributed by atoms with E-state index in [0.717, 1.165) is 13.0 Å². The minimum Gasteiger partial charge on any atom is -0.378 e. The summed E-state index contributed by atoms with van der Waals surface area (Å²) in [6.07, 6.45) is 9.98. The molecule has 1 fully saturated rings. The van der Waals surface area contributed by atoms with E-state index in [-0.39, 0.29) is 0 Å². The van der Waals surface area contributed by atoms with Gasteiger partial charge in [0.05, 0.1) is 6.10 Å². The lowest BCUT2D eigenvalue weighted by Gasteiger charge is -2.13. The van der Waals surface area contributed by atoms with Crippen LogP contribution in [0.2, 0.25) is 0 Å². The Hall–Kier alpha value is -0.0400. The van der Waals surface area contributed by atoms with E-state index in [2.05, 4.69) is 6.92 Å². The molecule has 0 amide bonds. The predicted octanol–water partition coefficient (Wildman–Crippen LogP) is 3.14. The van der Waals surface area contributed by atoms with Crippen LogP contribution < -0.4 is 0 Å². The Morgan fingerprint density at radius 3 is 2.27 bits per heavy atom. The number of hydrogen-bond acceptors (Lipinski definition) is 1. The van der Waals surface area contributed by atoms with Crippen LogP contribution in [0, 0.1) is 0 Å². The highest BCUT2D eigenvalue weighted by molar-refractivity contribution is 4.63. The molecule has 1 saturated carbocycles. The molecule has 0 atom stereocenters. The van der Waals surface area contributed by atoms with Crippen molar-refractivity contribution >= 4 is 0 Å². The van der Waals surface area contributed by atoms with Crippen LogP contribution in [0.4, 0.5) is 0 Å². The van der Waals surface area contributed by atoms with Gasteiger partial charge < -0.3 is 4.74 Å². The molecule has 0 heterocycles. The van der Waals surface area contributed by atoms with E-state index in [9.17, 15) is 0 Å². The summed E-state index contributed by atoms with van der Waals surface area (Å²) < 4.78 is 5.71. The Bertz CT molecular complexity index is 82.9. The average Bonchev–Trinajstić information content (AvgIpc) is 2.28. The van der Waals surface area contributed by atoms with Gasteiger partial charge in [0.15, 0.2) is 0 Å². The van der Waals surface area contributed by atoms with Crippen molar-refractivity contribution in [3.8, 4) is 0 Å². The van der Waals surface area contributed by atoms with Gasteiger partial charge in [0.1, 0.15) is 0 Å². The summed E-state index contributed by atoms with van der Waals surface area (Å²) in [5.74, 6) is 0. The summed E-state index contributed by atoms with van der Waals surface area (Å²) in [5.41, 5.74) is 0. The lowest BCUT2D eigenvalue weighted by molar-refractivity contribution is 0.0437. The molecule has 1 aliphatic carbocycles. The lowest BCUT2D eigenvalue weighted by Crippen LogP contribution is -2.11. The highest BCUT2D eigenvalue weighted by atomic mass is 16.5. The smallest absolute Gasteiger partial charge is 0.0575 e. The normalized spacial score (nSPS) is 21.5. The summed E-state index contributed by atoms with van der Waals surface area (Å²) in [6.45, 7) is 3.14. The largest absolute Gasteiger partial charge is 0.378 e. The van der Waals surface area contributed by atoms with Gasteiger partial charge in [-0.25, -0.2) is 0 Å². The maximum absolute atomic E-state index is 5.71. The Labute approximate surface area is 70.1 Å². The Balaban J connectivity index is 2.09. The number of hydrogen-bond donors (Lipinski definition) is 0. The topological polar surface area (TPSA) is 9.23 Å². The first-order valence-corrected chi connectivity index (χ1v) is 5.05. The number of rotatable bonds is 3. The van der Waals surface area contributed by atoms with E-state index in [4.69, 9.17) is 4.74 Å². The first-order chi connectivity index (χ1) is 5.43. The van der Waals surface area contributed by atoms with Gasteiger partial charge in [-0.3, -0.25) is 0 Å². The van der Waals surface area contributed by atoms with E-state index >= 15 is 0 Å². The van der Waals surface area contributed by atoms with Crippen molar-refractivity contribution in [3.05, 3.63) is 0 Å². The van der Waals surface area contributed by atoms with Gasteiger partial charge in [-0.15, -0.1) is 0 Å². The summed E-state index contributed by atoms with van der Waals surface area (Å²) in [7, 11) is 0. The second-order valence-electron chi connectivity index (χ2n) is 3.48. The van der Waals surface area contributed by atoms with E-state index in [1.54, 1.807) is 0 Å². The van der Waals surface area contributed by atoms with Crippen molar-refractivity contribution < 1.29 is 4.74 Å². The molecule has 66 valence electrons. The minimum atomic E-state index is 0.595. The molecule has 1 heteroatoms. The Morgan fingerprint density at radius 2 is 1.73 bits per heavy atom. The van der Waals surface area contributed by atoms with Crippen LogP contribution in [-0.2, 0) is 4.74 Å². The zero-order chi connectivity index (χ0) is 7.94. The molecule has 0 aromatic rings. The molecular formula is C10H20O. The van der Waals surface area contributed by atoms with Gasteiger partial charge in [0.25, 0.3) is 0 Å². The molecule has 0 radical (unpaired) electrons. The van der Waals surface area contributed by atoms with Gasteiger partial charge in [-0.05, 0) is 19.3 Å². The van der Waals surface area contributed by atoms with E-state index < -0.39 is 0 Å². The average molecular weight is 156 g/mol. The van der Waals surface area contributed by atoms with Crippen LogP contribution in [0.1, 0.15) is 51.9 Å². The third kappa shape index (κ3) is 3.76. The third-order valence-corrected chi connectivity index (χ3v) is 2.36. The maximum atomic E-state index is 5.71. The maximum Gasteiger partial charge on any atom is 0.0575 e. The van der Waals surface area contributed by atoms with Crippen LogP contribution in [0.25, 0.3) is 0 Å². The molecule has 0 unspecified atom stereocenters. The van der Waals surface area contributed by atoms with Crippen molar-refractivity contribution in [2.45, 2.75) is 58.0 Å². The molecule has 0 spiro atoms. The van der Waals surface area contributed by atoms with Crippen molar-refractivity contribution in [3.63, 3.8) is 0 Å². The highest BCUT2D eigenvalue weighted by Crippen LogP contribution is 2.19. The van der Waals surface area contributed by atoms with Crippen molar-refractivity contribution in [1.29, 1.82) is 0 Å². The predicted molar refractivity (Wildman–Crippen MR) is 47.7 cm³/mol. The standard InChI is InChI=1S/C10H20O/c1-2-9-11-10-7-5-3-4-6-8-10/h10H,2-9H2,1H3. The summed E-state index contributed by atoms with van der Waals surface area (Å²) in [4.78, 5) is 0. The van der Waals surface area contributed by atoms with Crippen molar-refractivity contribution in [2.24, 2.45) is 0 Å². The monoisotopic (exact) mass is 156 g/mol. The van der Waals surface area contributed by atoms with Crippen molar-refractivity contribution in [2.75, 3.05) is 6.61 Å². The lowest BCUT2D eigenvalue weighted by atomic mass is 10.1. The Kier molecular flexibility index (Phi) is 4.60. The second-order valence-corrected chi connectivity index (χ2v) is 3.48. The summed E-state index contributed by atoms with van der Waals surface area (Å²) in [6, 6.07) is 0. The SMILES string of the molecule is CCCOC1CCCCCC1. The van der Waals surface area contributed by atoms with Gasteiger partial charge in [-0.1, -0.05) is 32.6 Å². The quantitative estimate of drug-likeness (QED) is 0.570. The van der Waals surface area contributed by atoms with E-state index in [0.29, 0.717) is 6.10 Å². The molecule has 0 aromatic heterocycles. The van der Waals surface area contributed by atoms with Crippen LogP contribution in [0.5, 0.6) is 0 Å². The van der Waals surface area contributed by atoms with E-state index in [1.807, 2.05) is 0 Å². The Morgan fingerprint density at radius 1 is 1.09 bits per heavy atom. The molecule has 1 nitrogen and oxygen atoms in total. The molecule has 1 aliphatic rings. The summed E-state index contributed by atoms with van der Waals surface area (Å²) >= 11 is 0. The molecule has 0 saturated heterocycles. The van der Waals surface area contributed by atoms with Crippen molar-refractivity contribution in [1.82, 2.24) is 0 Å². The molecular weight excluding hydrogens is 136 g/mol. The van der Waals surface area contributed by atoms with Crippen LogP contribution >= 0.6 is 0 Å². The van der Waals surface area contributed by atoms with Gasteiger partial charge in [-0.2, -0.15) is 0 Å². The molecule has 11 heavy (non-hydrogen) atoms. The zero-order valence-corrected chi connectivity index (χ0v) is 7.64. The molecule has 0 N–H and O–H groups in total. The molecule has 0 aliphatic heterocycles. The van der Waals surface area contributed by atoms with Crippen LogP contribution in [0.3, 0.4) is 0 Å². The first-order valence-electron chi connectivity index (χ1n) is 5.05. The first kappa shape index (κ1) is 9.05. The van der Waals surface area contributed by atoms with Gasteiger partial charge in [0.2, 0.25) is 0 Å². The zero-order valence-electron chi connectivity index (χ0n) is 7.64. The molecule has 0 bridgehead atoms. The molecule has 0 aromatic carbocycles. The molecule has 1 rings (SSSR count). The third-order valence-electron chi connectivity index (χ3n) is 2.36. The van der Waals surface area contributed by atoms with E-state index in [1.165, 1.54) is 38.5 Å². The summed E-state index contributed by atoms with van der Waals surface area (Å²) in [5, 5.41) is 0. The highest BCUT2D eigenvalue weighted by Gasteiger charge is 2.11.